The summed E-state index contributed by atoms with van der Waals surface area (Å²) >= 11 is 5.59. The first kappa shape index (κ1) is 11.2. The zero-order valence-corrected chi connectivity index (χ0v) is 8.56. The van der Waals surface area contributed by atoms with Crippen LogP contribution in [0.3, 0.4) is 0 Å². The summed E-state index contributed by atoms with van der Waals surface area (Å²) in [6, 6.07) is 0. The van der Waals surface area contributed by atoms with Gasteiger partial charge < -0.3 is 9.80 Å². The molecule has 0 saturated carbocycles. The molecule has 0 aliphatic heterocycles. The Hall–Kier alpha value is 0.210. The molecule has 2 nitrogen and oxygen atoms in total. The Kier molecular flexibility index (Phi) is 7.02. The van der Waals surface area contributed by atoms with E-state index in [-0.39, 0.29) is 0 Å². The molecule has 0 bridgehead atoms. The highest BCUT2D eigenvalue weighted by molar-refractivity contribution is 6.18. The van der Waals surface area contributed by atoms with E-state index in [4.69, 9.17) is 11.6 Å². The van der Waals surface area contributed by atoms with Gasteiger partial charge in [0, 0.05) is 25.5 Å². The van der Waals surface area contributed by atoms with Crippen LogP contribution in [-0.4, -0.2) is 56.0 Å². The monoisotopic (exact) mass is 178 g/mol. The summed E-state index contributed by atoms with van der Waals surface area (Å²) < 4.78 is 0. The van der Waals surface area contributed by atoms with E-state index in [0.29, 0.717) is 0 Å². The molecule has 0 aromatic heterocycles. The molecular formula is C8H19ClN2. The van der Waals surface area contributed by atoms with Gasteiger partial charge in [-0.3, -0.25) is 0 Å². The summed E-state index contributed by atoms with van der Waals surface area (Å²) in [6.45, 7) is 6.51. The maximum Gasteiger partial charge on any atom is 0.0351 e. The molecule has 0 N–H and O–H groups in total. The van der Waals surface area contributed by atoms with E-state index < -0.39 is 0 Å². The van der Waals surface area contributed by atoms with Crippen LogP contribution in [-0.2, 0) is 0 Å². The molecule has 0 aliphatic carbocycles. The van der Waals surface area contributed by atoms with Crippen molar-refractivity contribution in [2.45, 2.75) is 6.92 Å². The topological polar surface area (TPSA) is 6.48 Å². The minimum Gasteiger partial charge on any atom is -0.305 e. The van der Waals surface area contributed by atoms with Gasteiger partial charge in [0.15, 0.2) is 0 Å². The Labute approximate surface area is 75.1 Å². The quantitative estimate of drug-likeness (QED) is 0.563. The highest BCUT2D eigenvalue weighted by Crippen LogP contribution is 1.87. The molecule has 0 fully saturated rings. The maximum absolute atomic E-state index is 5.59. The molecule has 0 aliphatic rings. The first-order valence-corrected chi connectivity index (χ1v) is 4.67. The van der Waals surface area contributed by atoms with Crippen molar-refractivity contribution in [2.75, 3.05) is 46.2 Å². The lowest BCUT2D eigenvalue weighted by Crippen LogP contribution is -2.31. The minimum absolute atomic E-state index is 0.729. The van der Waals surface area contributed by atoms with Gasteiger partial charge in [-0.05, 0) is 20.6 Å². The number of hydrogen-bond donors (Lipinski definition) is 0. The lowest BCUT2D eigenvalue weighted by atomic mass is 10.5. The Morgan fingerprint density at radius 3 is 2.00 bits per heavy atom. The molecule has 3 heteroatoms. The predicted molar refractivity (Wildman–Crippen MR) is 51.4 cm³/mol. The third-order valence-electron chi connectivity index (χ3n) is 1.87. The second-order valence-electron chi connectivity index (χ2n) is 2.89. The van der Waals surface area contributed by atoms with Crippen LogP contribution in [0.25, 0.3) is 0 Å². The number of nitrogens with zero attached hydrogens (tertiary/aromatic N) is 2. The van der Waals surface area contributed by atoms with Crippen LogP contribution < -0.4 is 0 Å². The fourth-order valence-corrected chi connectivity index (χ4v) is 1.04. The lowest BCUT2D eigenvalue weighted by Gasteiger charge is -2.19. The lowest BCUT2D eigenvalue weighted by molar-refractivity contribution is 0.272. The molecule has 0 unspecified atom stereocenters. The highest BCUT2D eigenvalue weighted by Gasteiger charge is 1.98. The molecule has 0 aromatic carbocycles. The maximum atomic E-state index is 5.59. The Balaban J connectivity index is 3.22. The molecule has 0 aromatic rings. The summed E-state index contributed by atoms with van der Waals surface area (Å²) in [5, 5.41) is 0. The average Bonchev–Trinajstić information content (AvgIpc) is 2.01. The van der Waals surface area contributed by atoms with Crippen LogP contribution in [0.2, 0.25) is 0 Å². The largest absolute Gasteiger partial charge is 0.305 e. The van der Waals surface area contributed by atoms with E-state index in [9.17, 15) is 0 Å². The summed E-state index contributed by atoms with van der Waals surface area (Å²) in [5.74, 6) is 0.729. The van der Waals surface area contributed by atoms with Crippen molar-refractivity contribution < 1.29 is 0 Å². The van der Waals surface area contributed by atoms with Crippen molar-refractivity contribution in [1.82, 2.24) is 9.80 Å². The van der Waals surface area contributed by atoms with Gasteiger partial charge in [0.1, 0.15) is 0 Å². The SMILES string of the molecule is CCN(C)CCN(C)CCCl. The third kappa shape index (κ3) is 6.60. The second-order valence-corrected chi connectivity index (χ2v) is 3.27. The van der Waals surface area contributed by atoms with Gasteiger partial charge in [-0.2, -0.15) is 0 Å². The summed E-state index contributed by atoms with van der Waals surface area (Å²) in [5.41, 5.74) is 0. The summed E-state index contributed by atoms with van der Waals surface area (Å²) in [6.07, 6.45) is 0. The summed E-state index contributed by atoms with van der Waals surface area (Å²) in [7, 11) is 4.24. The first-order chi connectivity index (χ1) is 5.20. The minimum atomic E-state index is 0.729. The van der Waals surface area contributed by atoms with Gasteiger partial charge >= 0.3 is 0 Å². The molecular weight excluding hydrogens is 160 g/mol. The molecule has 0 atom stereocenters. The Morgan fingerprint density at radius 1 is 1.00 bits per heavy atom. The average molecular weight is 179 g/mol. The molecule has 0 heterocycles. The Morgan fingerprint density at radius 2 is 1.55 bits per heavy atom. The fraction of sp³-hybridized carbons (Fsp3) is 1.00. The van der Waals surface area contributed by atoms with Gasteiger partial charge in [0.2, 0.25) is 0 Å². The molecule has 68 valence electrons. The molecule has 0 saturated heterocycles. The van der Waals surface area contributed by atoms with E-state index in [1.54, 1.807) is 0 Å². The van der Waals surface area contributed by atoms with Gasteiger partial charge in [-0.15, -0.1) is 11.6 Å². The molecule has 0 radical (unpaired) electrons. The van der Waals surface area contributed by atoms with Crippen molar-refractivity contribution in [1.29, 1.82) is 0 Å². The number of alkyl halides is 1. The van der Waals surface area contributed by atoms with Crippen molar-refractivity contribution in [3.8, 4) is 0 Å². The molecule has 0 spiro atoms. The van der Waals surface area contributed by atoms with Crippen LogP contribution >= 0.6 is 11.6 Å². The third-order valence-corrected chi connectivity index (χ3v) is 2.04. The van der Waals surface area contributed by atoms with Crippen LogP contribution in [0.5, 0.6) is 0 Å². The highest BCUT2D eigenvalue weighted by atomic mass is 35.5. The van der Waals surface area contributed by atoms with Crippen LogP contribution in [0.15, 0.2) is 0 Å². The number of halogens is 1. The van der Waals surface area contributed by atoms with Gasteiger partial charge in [0.05, 0.1) is 0 Å². The number of likely N-dealkylation sites (N-methyl/N-ethyl adjacent to an activating group) is 2. The molecule has 0 rings (SSSR count). The van der Waals surface area contributed by atoms with Crippen molar-refractivity contribution >= 4 is 11.6 Å². The van der Waals surface area contributed by atoms with Gasteiger partial charge in [-0.1, -0.05) is 6.92 Å². The zero-order valence-electron chi connectivity index (χ0n) is 7.81. The number of rotatable bonds is 6. The van der Waals surface area contributed by atoms with Crippen molar-refractivity contribution in [2.24, 2.45) is 0 Å². The van der Waals surface area contributed by atoms with Crippen LogP contribution in [0.4, 0.5) is 0 Å². The van der Waals surface area contributed by atoms with E-state index in [0.717, 1.165) is 32.1 Å². The van der Waals surface area contributed by atoms with Gasteiger partial charge in [-0.25, -0.2) is 0 Å². The second kappa shape index (κ2) is 6.89. The first-order valence-electron chi connectivity index (χ1n) is 4.13. The summed E-state index contributed by atoms with van der Waals surface area (Å²) in [4.78, 5) is 4.55. The van der Waals surface area contributed by atoms with Crippen LogP contribution in [0, 0.1) is 0 Å². The van der Waals surface area contributed by atoms with Crippen LogP contribution in [0.1, 0.15) is 6.92 Å². The van der Waals surface area contributed by atoms with Gasteiger partial charge in [0.25, 0.3) is 0 Å². The Bertz CT molecular complexity index is 88.2. The normalized spacial score (nSPS) is 11.5. The van der Waals surface area contributed by atoms with E-state index in [1.807, 2.05) is 0 Å². The van der Waals surface area contributed by atoms with Crippen molar-refractivity contribution in [3.63, 3.8) is 0 Å². The van der Waals surface area contributed by atoms with Crippen molar-refractivity contribution in [3.05, 3.63) is 0 Å². The van der Waals surface area contributed by atoms with E-state index >= 15 is 0 Å². The van der Waals surface area contributed by atoms with E-state index in [2.05, 4.69) is 30.8 Å². The zero-order chi connectivity index (χ0) is 8.69. The fourth-order valence-electron chi connectivity index (χ4n) is 0.756. The smallest absolute Gasteiger partial charge is 0.0351 e. The standard InChI is InChI=1S/C8H19ClN2/c1-4-10(2)7-8-11(3)6-5-9/h4-8H2,1-3H3. The molecule has 0 amide bonds. The predicted octanol–water partition coefficient (Wildman–Crippen LogP) is 1.11. The molecule has 11 heavy (non-hydrogen) atoms. The van der Waals surface area contributed by atoms with E-state index in [1.165, 1.54) is 0 Å². The number of hydrogen-bond acceptors (Lipinski definition) is 2.